The van der Waals surface area contributed by atoms with Gasteiger partial charge in [0.25, 0.3) is 5.91 Å². The number of hydrogen-bond acceptors (Lipinski definition) is 2. The topological polar surface area (TPSA) is 20.3 Å². The molecule has 18 heavy (non-hydrogen) atoms. The molecule has 4 heteroatoms. The van der Waals surface area contributed by atoms with E-state index in [1.807, 2.05) is 4.90 Å². The first-order valence-corrected chi connectivity index (χ1v) is 8.55. The van der Waals surface area contributed by atoms with Gasteiger partial charge in [0.2, 0.25) is 0 Å². The van der Waals surface area contributed by atoms with Crippen molar-refractivity contribution in [2.75, 3.05) is 11.9 Å². The van der Waals surface area contributed by atoms with Crippen molar-refractivity contribution in [1.82, 2.24) is 4.90 Å². The Morgan fingerprint density at radius 1 is 1.50 bits per heavy atom. The molecule has 0 bridgehead atoms. The second-order valence-electron chi connectivity index (χ2n) is 5.05. The van der Waals surface area contributed by atoms with Gasteiger partial charge >= 0.3 is 0 Å². The molecule has 0 aromatic carbocycles. The first-order valence-electron chi connectivity index (χ1n) is 6.62. The zero-order chi connectivity index (χ0) is 13.1. The molecule has 1 amide bonds. The smallest absolute Gasteiger partial charge is 0.264 e. The fourth-order valence-electron chi connectivity index (χ4n) is 2.40. The summed E-state index contributed by atoms with van der Waals surface area (Å²) in [5.74, 6) is 0.213. The van der Waals surface area contributed by atoms with E-state index in [0.29, 0.717) is 0 Å². The zero-order valence-electron chi connectivity index (χ0n) is 11.0. The van der Waals surface area contributed by atoms with Gasteiger partial charge in [0.15, 0.2) is 0 Å². The Morgan fingerprint density at radius 2 is 2.28 bits per heavy atom. The molecule has 1 aliphatic carbocycles. The minimum absolute atomic E-state index is 0.213. The zero-order valence-corrected chi connectivity index (χ0v) is 13.4. The van der Waals surface area contributed by atoms with Crippen LogP contribution in [-0.2, 0) is 12.8 Å². The molecule has 2 nitrogen and oxygen atoms in total. The van der Waals surface area contributed by atoms with Crippen molar-refractivity contribution < 1.29 is 4.79 Å². The first kappa shape index (κ1) is 14.1. The van der Waals surface area contributed by atoms with Gasteiger partial charge in [0, 0.05) is 22.8 Å². The third kappa shape index (κ3) is 2.97. The first-order chi connectivity index (χ1) is 8.63. The highest BCUT2D eigenvalue weighted by atomic mass is 79.9. The predicted molar refractivity (Wildman–Crippen MR) is 80.9 cm³/mol. The Bertz CT molecular complexity index is 406. The Hall–Kier alpha value is -0.350. The van der Waals surface area contributed by atoms with E-state index in [4.69, 9.17) is 0 Å². The molecule has 1 heterocycles. The van der Waals surface area contributed by atoms with Crippen LogP contribution in [-0.4, -0.2) is 28.7 Å². The number of hydrogen-bond donors (Lipinski definition) is 0. The lowest BCUT2D eigenvalue weighted by Gasteiger charge is -2.26. The number of fused-ring (bicyclic) bond motifs is 1. The molecule has 0 aliphatic heterocycles. The number of alkyl halides is 1. The molecule has 0 saturated heterocycles. The third-order valence-electron chi connectivity index (χ3n) is 3.37. The lowest BCUT2D eigenvalue weighted by molar-refractivity contribution is 0.0711. The molecule has 1 aliphatic rings. The molecule has 0 atom stereocenters. The lowest BCUT2D eigenvalue weighted by atomic mass is 10.2. The van der Waals surface area contributed by atoms with Crippen molar-refractivity contribution in [1.29, 1.82) is 0 Å². The van der Waals surface area contributed by atoms with Gasteiger partial charge in [-0.25, -0.2) is 0 Å². The van der Waals surface area contributed by atoms with Crippen molar-refractivity contribution in [2.24, 2.45) is 0 Å². The van der Waals surface area contributed by atoms with Crippen LogP contribution in [0, 0.1) is 0 Å². The van der Waals surface area contributed by atoms with Crippen LogP contribution in [0.25, 0.3) is 0 Å². The number of nitrogens with zero attached hydrogens (tertiary/aromatic N) is 1. The molecule has 0 saturated carbocycles. The van der Waals surface area contributed by atoms with Crippen LogP contribution >= 0.6 is 27.3 Å². The quantitative estimate of drug-likeness (QED) is 0.751. The van der Waals surface area contributed by atoms with E-state index in [-0.39, 0.29) is 11.9 Å². The maximum absolute atomic E-state index is 12.5. The van der Waals surface area contributed by atoms with E-state index in [1.165, 1.54) is 16.9 Å². The SMILES string of the molecule is CC(C)N(CCCBr)C(=O)c1cc2c(s1)CCC2. The van der Waals surface area contributed by atoms with E-state index in [2.05, 4.69) is 35.8 Å². The normalized spacial score (nSPS) is 14.0. The number of carbonyl (C=O) groups excluding carboxylic acids is 1. The standard InChI is InChI=1S/C14H20BrNOS/c1-10(2)16(8-4-7-15)14(17)13-9-11-5-3-6-12(11)18-13/h9-10H,3-8H2,1-2H3. The van der Waals surface area contributed by atoms with Gasteiger partial charge in [-0.05, 0) is 51.2 Å². The summed E-state index contributed by atoms with van der Waals surface area (Å²) in [4.78, 5) is 16.9. The summed E-state index contributed by atoms with van der Waals surface area (Å²) >= 11 is 5.14. The average molecular weight is 330 g/mol. The summed E-state index contributed by atoms with van der Waals surface area (Å²) in [6.07, 6.45) is 4.58. The Balaban J connectivity index is 2.11. The summed E-state index contributed by atoms with van der Waals surface area (Å²) in [5.41, 5.74) is 1.41. The highest BCUT2D eigenvalue weighted by Crippen LogP contribution is 2.31. The van der Waals surface area contributed by atoms with Crippen molar-refractivity contribution >= 4 is 33.2 Å². The second-order valence-corrected chi connectivity index (χ2v) is 6.98. The molecule has 0 unspecified atom stereocenters. The van der Waals surface area contributed by atoms with Gasteiger partial charge in [-0.2, -0.15) is 0 Å². The number of thiophene rings is 1. The van der Waals surface area contributed by atoms with Crippen LogP contribution < -0.4 is 0 Å². The lowest BCUT2D eigenvalue weighted by Crippen LogP contribution is -2.37. The summed E-state index contributed by atoms with van der Waals surface area (Å²) in [6.45, 7) is 5.02. The number of rotatable bonds is 5. The summed E-state index contributed by atoms with van der Waals surface area (Å²) in [6, 6.07) is 2.40. The van der Waals surface area contributed by atoms with Crippen LogP contribution in [0.15, 0.2) is 6.07 Å². The fraction of sp³-hybridized carbons (Fsp3) is 0.643. The molecule has 0 N–H and O–H groups in total. The maximum Gasteiger partial charge on any atom is 0.264 e. The van der Waals surface area contributed by atoms with Crippen LogP contribution in [0.1, 0.15) is 46.8 Å². The third-order valence-corrected chi connectivity index (χ3v) is 5.16. The van der Waals surface area contributed by atoms with Crippen molar-refractivity contribution in [3.05, 3.63) is 21.4 Å². The largest absolute Gasteiger partial charge is 0.335 e. The highest BCUT2D eigenvalue weighted by molar-refractivity contribution is 9.09. The summed E-state index contributed by atoms with van der Waals surface area (Å²) in [7, 11) is 0. The van der Waals surface area contributed by atoms with Gasteiger partial charge in [0.05, 0.1) is 4.88 Å². The predicted octanol–water partition coefficient (Wildman–Crippen LogP) is 3.87. The van der Waals surface area contributed by atoms with Crippen LogP contribution in [0.4, 0.5) is 0 Å². The molecule has 0 fully saturated rings. The number of aryl methyl sites for hydroxylation is 2. The van der Waals surface area contributed by atoms with Crippen LogP contribution in [0.2, 0.25) is 0 Å². The minimum Gasteiger partial charge on any atom is -0.335 e. The number of halogens is 1. The van der Waals surface area contributed by atoms with E-state index in [9.17, 15) is 4.79 Å². The molecule has 0 spiro atoms. The van der Waals surface area contributed by atoms with E-state index < -0.39 is 0 Å². The monoisotopic (exact) mass is 329 g/mol. The van der Waals surface area contributed by atoms with E-state index >= 15 is 0 Å². The Labute approximate surface area is 122 Å². The highest BCUT2D eigenvalue weighted by Gasteiger charge is 2.23. The molecule has 0 radical (unpaired) electrons. The van der Waals surface area contributed by atoms with Gasteiger partial charge in [-0.15, -0.1) is 11.3 Å². The average Bonchev–Trinajstić information content (AvgIpc) is 2.88. The van der Waals surface area contributed by atoms with Crippen molar-refractivity contribution in [3.8, 4) is 0 Å². The number of amides is 1. The number of carbonyl (C=O) groups is 1. The summed E-state index contributed by atoms with van der Waals surface area (Å²) < 4.78 is 0. The second kappa shape index (κ2) is 6.20. The van der Waals surface area contributed by atoms with Crippen molar-refractivity contribution in [3.63, 3.8) is 0 Å². The van der Waals surface area contributed by atoms with Gasteiger partial charge < -0.3 is 4.90 Å². The van der Waals surface area contributed by atoms with Gasteiger partial charge in [0.1, 0.15) is 0 Å². The minimum atomic E-state index is 0.213. The van der Waals surface area contributed by atoms with Gasteiger partial charge in [-0.1, -0.05) is 15.9 Å². The van der Waals surface area contributed by atoms with Gasteiger partial charge in [-0.3, -0.25) is 4.79 Å². The summed E-state index contributed by atoms with van der Waals surface area (Å²) in [5, 5.41) is 0.949. The van der Waals surface area contributed by atoms with Crippen molar-refractivity contribution in [2.45, 2.75) is 45.6 Å². The molecule has 2 rings (SSSR count). The van der Waals surface area contributed by atoms with E-state index in [0.717, 1.165) is 36.0 Å². The molecule has 1 aromatic heterocycles. The Morgan fingerprint density at radius 3 is 2.89 bits per heavy atom. The molecule has 100 valence electrons. The van der Waals surface area contributed by atoms with E-state index in [1.54, 1.807) is 11.3 Å². The van der Waals surface area contributed by atoms with Crippen LogP contribution in [0.5, 0.6) is 0 Å². The fourth-order valence-corrected chi connectivity index (χ4v) is 3.86. The molecular weight excluding hydrogens is 310 g/mol. The van der Waals surface area contributed by atoms with Crippen LogP contribution in [0.3, 0.4) is 0 Å². The molecule has 1 aromatic rings. The Kier molecular flexibility index (Phi) is 4.84. The molecular formula is C14H20BrNOS. The maximum atomic E-state index is 12.5.